The third kappa shape index (κ3) is 32.1. The van der Waals surface area contributed by atoms with Crippen LogP contribution in [0.1, 0.15) is 155 Å². The van der Waals surface area contributed by atoms with E-state index in [-0.39, 0.29) is 6.10 Å². The molecule has 0 aromatic carbocycles. The standard InChI is InChI=1S/C38H64O2/c1-3-5-7-9-11-13-15-17-19-21-23-25-27-29-31-33-35-38(40-37-39)36-34-32-30-28-26-24-22-20-18-16-14-12-10-8-6-4-2/h11-14,17-20,23-26,37-38H,3-10,15-16,21-22,27-36H2,1-2H3. The van der Waals surface area contributed by atoms with Crippen LogP contribution in [0.5, 0.6) is 0 Å². The Hall–Kier alpha value is -2.09. The summed E-state index contributed by atoms with van der Waals surface area (Å²) in [7, 11) is 0. The summed E-state index contributed by atoms with van der Waals surface area (Å²) in [5.74, 6) is 0. The van der Waals surface area contributed by atoms with Crippen LogP contribution >= 0.6 is 0 Å². The molecule has 0 saturated heterocycles. The van der Waals surface area contributed by atoms with E-state index in [1.165, 1.54) is 77.0 Å². The molecule has 40 heavy (non-hydrogen) atoms. The van der Waals surface area contributed by atoms with Crippen LogP contribution in [0.15, 0.2) is 72.9 Å². The molecular weight excluding hydrogens is 488 g/mol. The number of ether oxygens (including phenoxy) is 1. The van der Waals surface area contributed by atoms with Gasteiger partial charge in [-0.2, -0.15) is 0 Å². The van der Waals surface area contributed by atoms with E-state index in [0.29, 0.717) is 6.47 Å². The van der Waals surface area contributed by atoms with Gasteiger partial charge in [-0.3, -0.25) is 4.79 Å². The fourth-order valence-corrected chi connectivity index (χ4v) is 4.56. The first-order valence-corrected chi connectivity index (χ1v) is 16.8. The smallest absolute Gasteiger partial charge is 0.293 e. The van der Waals surface area contributed by atoms with E-state index < -0.39 is 0 Å². The molecule has 0 radical (unpaired) electrons. The Balaban J connectivity index is 3.65. The number of unbranched alkanes of at least 4 members (excludes halogenated alkanes) is 12. The van der Waals surface area contributed by atoms with Crippen molar-refractivity contribution in [2.24, 2.45) is 0 Å². The van der Waals surface area contributed by atoms with Crippen LogP contribution in [0.4, 0.5) is 0 Å². The lowest BCUT2D eigenvalue weighted by Gasteiger charge is -2.14. The van der Waals surface area contributed by atoms with Crippen molar-refractivity contribution in [2.45, 2.75) is 161 Å². The summed E-state index contributed by atoms with van der Waals surface area (Å²) >= 11 is 0. The molecule has 0 N–H and O–H groups in total. The Labute approximate surface area is 249 Å². The van der Waals surface area contributed by atoms with Crippen LogP contribution in [0, 0.1) is 0 Å². The van der Waals surface area contributed by atoms with Gasteiger partial charge in [0, 0.05) is 0 Å². The molecule has 0 aliphatic rings. The van der Waals surface area contributed by atoms with Gasteiger partial charge in [0.2, 0.25) is 0 Å². The first kappa shape index (κ1) is 37.9. The van der Waals surface area contributed by atoms with Gasteiger partial charge in [-0.15, -0.1) is 0 Å². The Morgan fingerprint density at radius 1 is 0.425 bits per heavy atom. The van der Waals surface area contributed by atoms with Gasteiger partial charge < -0.3 is 4.74 Å². The molecule has 228 valence electrons. The molecule has 0 aromatic rings. The van der Waals surface area contributed by atoms with Gasteiger partial charge in [0.25, 0.3) is 6.47 Å². The van der Waals surface area contributed by atoms with Crippen LogP contribution in [0.3, 0.4) is 0 Å². The van der Waals surface area contributed by atoms with Crippen molar-refractivity contribution in [1.82, 2.24) is 0 Å². The third-order valence-corrected chi connectivity index (χ3v) is 7.08. The molecule has 0 atom stereocenters. The van der Waals surface area contributed by atoms with Gasteiger partial charge in [0.05, 0.1) is 0 Å². The van der Waals surface area contributed by atoms with Crippen LogP contribution in [-0.4, -0.2) is 12.6 Å². The second-order valence-electron chi connectivity index (χ2n) is 10.9. The summed E-state index contributed by atoms with van der Waals surface area (Å²) < 4.78 is 5.36. The van der Waals surface area contributed by atoms with Crippen molar-refractivity contribution >= 4 is 6.47 Å². The minimum Gasteiger partial charge on any atom is -0.465 e. The highest BCUT2D eigenvalue weighted by atomic mass is 16.5. The van der Waals surface area contributed by atoms with Crippen molar-refractivity contribution in [3.63, 3.8) is 0 Å². The number of allylic oxidation sites excluding steroid dienone is 12. The molecule has 2 heteroatoms. The van der Waals surface area contributed by atoms with Crippen LogP contribution in [-0.2, 0) is 9.53 Å². The number of carbonyl (C=O) groups is 1. The van der Waals surface area contributed by atoms with E-state index in [1.807, 2.05) is 0 Å². The minimum atomic E-state index is 0.0975. The highest BCUT2D eigenvalue weighted by Crippen LogP contribution is 2.15. The van der Waals surface area contributed by atoms with Gasteiger partial charge in [-0.25, -0.2) is 0 Å². The molecule has 0 rings (SSSR count). The molecule has 0 aliphatic heterocycles. The number of rotatable bonds is 30. The molecule has 0 saturated carbocycles. The summed E-state index contributed by atoms with van der Waals surface area (Å²) in [4.78, 5) is 10.9. The molecular formula is C38H64O2. The van der Waals surface area contributed by atoms with Crippen LogP contribution in [0.2, 0.25) is 0 Å². The highest BCUT2D eigenvalue weighted by molar-refractivity contribution is 5.37. The largest absolute Gasteiger partial charge is 0.465 e. The van der Waals surface area contributed by atoms with E-state index in [9.17, 15) is 4.79 Å². The first-order chi connectivity index (χ1) is 19.8. The summed E-state index contributed by atoms with van der Waals surface area (Å²) in [6.45, 7) is 5.14. The molecule has 0 fully saturated rings. The minimum absolute atomic E-state index is 0.0975. The Bertz CT molecular complexity index is 626. The molecule has 0 unspecified atom stereocenters. The van der Waals surface area contributed by atoms with Gasteiger partial charge in [-0.1, -0.05) is 125 Å². The van der Waals surface area contributed by atoms with Crippen molar-refractivity contribution in [2.75, 3.05) is 0 Å². The number of hydrogen-bond acceptors (Lipinski definition) is 2. The first-order valence-electron chi connectivity index (χ1n) is 16.8. The normalized spacial score (nSPS) is 13.3. The van der Waals surface area contributed by atoms with Gasteiger partial charge in [0.1, 0.15) is 6.10 Å². The average molecular weight is 553 g/mol. The van der Waals surface area contributed by atoms with Gasteiger partial charge in [0.15, 0.2) is 0 Å². The van der Waals surface area contributed by atoms with Crippen molar-refractivity contribution in [1.29, 1.82) is 0 Å². The van der Waals surface area contributed by atoms with Crippen molar-refractivity contribution in [3.05, 3.63) is 72.9 Å². The summed E-state index contributed by atoms with van der Waals surface area (Å²) in [5.41, 5.74) is 0. The van der Waals surface area contributed by atoms with Gasteiger partial charge >= 0.3 is 0 Å². The Morgan fingerprint density at radius 2 is 0.750 bits per heavy atom. The summed E-state index contributed by atoms with van der Waals surface area (Å²) in [6, 6.07) is 0. The lowest BCUT2D eigenvalue weighted by molar-refractivity contribution is -0.134. The molecule has 0 spiro atoms. The molecule has 2 nitrogen and oxygen atoms in total. The zero-order chi connectivity index (χ0) is 29.0. The monoisotopic (exact) mass is 552 g/mol. The number of hydrogen-bond donors (Lipinski definition) is 0. The van der Waals surface area contributed by atoms with Crippen molar-refractivity contribution < 1.29 is 9.53 Å². The fraction of sp³-hybridized carbons (Fsp3) is 0.658. The van der Waals surface area contributed by atoms with E-state index in [1.54, 1.807) is 0 Å². The maximum absolute atomic E-state index is 10.9. The molecule has 0 aliphatic carbocycles. The summed E-state index contributed by atoms with van der Waals surface area (Å²) in [6.07, 6.45) is 53.4. The second kappa shape index (κ2) is 34.9. The van der Waals surface area contributed by atoms with E-state index in [0.717, 1.165) is 64.2 Å². The van der Waals surface area contributed by atoms with Gasteiger partial charge in [-0.05, 0) is 103 Å². The fourth-order valence-electron chi connectivity index (χ4n) is 4.56. The zero-order valence-corrected chi connectivity index (χ0v) is 26.5. The second-order valence-corrected chi connectivity index (χ2v) is 10.9. The molecule has 0 bridgehead atoms. The quantitative estimate of drug-likeness (QED) is 0.0503. The topological polar surface area (TPSA) is 26.3 Å². The molecule has 0 amide bonds. The van der Waals surface area contributed by atoms with Crippen LogP contribution in [0.25, 0.3) is 0 Å². The lowest BCUT2D eigenvalue weighted by atomic mass is 10.0. The predicted octanol–water partition coefficient (Wildman–Crippen LogP) is 12.5. The highest BCUT2D eigenvalue weighted by Gasteiger charge is 2.08. The SMILES string of the molecule is CCCCCC=CCC=CCC=CCCCCCC(CCCCCC=CCC=CCC=CCCCCC)OC=O. The third-order valence-electron chi connectivity index (χ3n) is 7.08. The maximum Gasteiger partial charge on any atom is 0.293 e. The molecule has 0 heterocycles. The lowest BCUT2D eigenvalue weighted by Crippen LogP contribution is -2.12. The van der Waals surface area contributed by atoms with Crippen LogP contribution < -0.4 is 0 Å². The zero-order valence-electron chi connectivity index (χ0n) is 26.5. The predicted molar refractivity (Wildman–Crippen MR) is 179 cm³/mol. The van der Waals surface area contributed by atoms with E-state index in [2.05, 4.69) is 86.8 Å². The van der Waals surface area contributed by atoms with E-state index >= 15 is 0 Å². The summed E-state index contributed by atoms with van der Waals surface area (Å²) in [5, 5.41) is 0. The number of carbonyl (C=O) groups excluding carboxylic acids is 1. The Kier molecular flexibility index (Phi) is 33.1. The maximum atomic E-state index is 10.9. The van der Waals surface area contributed by atoms with Crippen molar-refractivity contribution in [3.8, 4) is 0 Å². The Morgan fingerprint density at radius 3 is 1.07 bits per heavy atom. The average Bonchev–Trinajstić information content (AvgIpc) is 2.96. The van der Waals surface area contributed by atoms with E-state index in [4.69, 9.17) is 4.74 Å². The molecule has 0 aromatic heterocycles.